The Bertz CT molecular complexity index is 599. The molecular weight excluding hydrogens is 248 g/mol. The van der Waals surface area contributed by atoms with Crippen LogP contribution in [0.15, 0.2) is 28.0 Å². The Kier molecular flexibility index (Phi) is 2.55. The van der Waals surface area contributed by atoms with Crippen LogP contribution < -0.4 is 0 Å². The number of hydrogen-bond donors (Lipinski definition) is 2. The molecule has 6 heteroatoms. The fourth-order valence-corrected chi connectivity index (χ4v) is 3.57. The predicted octanol–water partition coefficient (Wildman–Crippen LogP) is 1.44. The average Bonchev–Trinajstić information content (AvgIpc) is 2.49. The molecule has 0 saturated carbocycles. The van der Waals surface area contributed by atoms with Crippen LogP contribution in [-0.2, 0) is 9.84 Å². The van der Waals surface area contributed by atoms with Crippen LogP contribution in [0.1, 0.15) is 15.9 Å². The van der Waals surface area contributed by atoms with Crippen LogP contribution >= 0.6 is 12.6 Å². The Balaban J connectivity index is 2.65. The highest BCUT2D eigenvalue weighted by Crippen LogP contribution is 2.33. The zero-order chi connectivity index (χ0) is 11.9. The molecule has 0 aliphatic carbocycles. The molecule has 0 amide bonds. The molecule has 0 aromatic heterocycles. The number of sulfone groups is 1. The lowest BCUT2D eigenvalue weighted by Crippen LogP contribution is -2.02. The SMILES string of the molecule is O=C(O)c1ccc2c(c1)C=C(CS)S2(=O)=O. The van der Waals surface area contributed by atoms with Gasteiger partial charge in [0.1, 0.15) is 0 Å². The molecule has 0 spiro atoms. The standard InChI is InChI=1S/C10H8O4S2/c11-10(12)6-1-2-9-7(3-6)4-8(5-15)16(9,13)14/h1-4,15H,5H2,(H,11,12). The number of carboxylic acids is 1. The Morgan fingerprint density at radius 3 is 2.62 bits per heavy atom. The normalized spacial score (nSPS) is 16.7. The molecule has 0 radical (unpaired) electrons. The molecule has 1 aliphatic heterocycles. The van der Waals surface area contributed by atoms with Gasteiger partial charge in [-0.2, -0.15) is 12.6 Å². The fraction of sp³-hybridized carbons (Fsp3) is 0.100. The maximum atomic E-state index is 11.8. The first-order valence-electron chi connectivity index (χ1n) is 4.40. The van der Waals surface area contributed by atoms with Crippen molar-refractivity contribution in [3.05, 3.63) is 34.2 Å². The van der Waals surface area contributed by atoms with Crippen molar-refractivity contribution >= 4 is 34.5 Å². The molecule has 0 saturated heterocycles. The topological polar surface area (TPSA) is 71.4 Å². The van der Waals surface area contributed by atoms with Crippen LogP contribution in [0.3, 0.4) is 0 Å². The van der Waals surface area contributed by atoms with Crippen molar-refractivity contribution < 1.29 is 18.3 Å². The molecule has 0 bridgehead atoms. The minimum Gasteiger partial charge on any atom is -0.478 e. The monoisotopic (exact) mass is 256 g/mol. The summed E-state index contributed by atoms with van der Waals surface area (Å²) >= 11 is 3.94. The second-order valence-electron chi connectivity index (χ2n) is 3.33. The van der Waals surface area contributed by atoms with E-state index in [1.54, 1.807) is 0 Å². The molecule has 0 unspecified atom stereocenters. The maximum Gasteiger partial charge on any atom is 0.335 e. The summed E-state index contributed by atoms with van der Waals surface area (Å²) in [6, 6.07) is 3.96. The summed E-state index contributed by atoms with van der Waals surface area (Å²) in [5.41, 5.74) is 0.495. The lowest BCUT2D eigenvalue weighted by atomic mass is 10.1. The summed E-state index contributed by atoms with van der Waals surface area (Å²) in [6.07, 6.45) is 1.46. The van der Waals surface area contributed by atoms with Gasteiger partial charge in [0.25, 0.3) is 0 Å². The molecule has 1 aromatic rings. The van der Waals surface area contributed by atoms with Gasteiger partial charge in [-0.3, -0.25) is 0 Å². The van der Waals surface area contributed by atoms with E-state index in [4.69, 9.17) is 5.11 Å². The van der Waals surface area contributed by atoms with E-state index in [9.17, 15) is 13.2 Å². The predicted molar refractivity (Wildman–Crippen MR) is 62.4 cm³/mol. The third-order valence-corrected chi connectivity index (χ3v) is 4.82. The van der Waals surface area contributed by atoms with E-state index >= 15 is 0 Å². The van der Waals surface area contributed by atoms with Gasteiger partial charge in [-0.05, 0) is 29.8 Å². The molecular formula is C10H8O4S2. The van der Waals surface area contributed by atoms with E-state index in [1.165, 1.54) is 24.3 Å². The number of carbonyl (C=O) groups is 1. The number of benzene rings is 1. The Morgan fingerprint density at radius 2 is 2.06 bits per heavy atom. The van der Waals surface area contributed by atoms with E-state index in [2.05, 4.69) is 12.6 Å². The van der Waals surface area contributed by atoms with E-state index < -0.39 is 15.8 Å². The largest absolute Gasteiger partial charge is 0.478 e. The van der Waals surface area contributed by atoms with Crippen LogP contribution in [0, 0.1) is 0 Å². The molecule has 4 nitrogen and oxygen atoms in total. The Labute approximate surface area is 97.9 Å². The fourth-order valence-electron chi connectivity index (χ4n) is 1.56. The second-order valence-corrected chi connectivity index (χ2v) is 5.62. The summed E-state index contributed by atoms with van der Waals surface area (Å²) in [5, 5.41) is 8.78. The van der Waals surface area contributed by atoms with Crippen molar-refractivity contribution in [2.45, 2.75) is 4.90 Å². The van der Waals surface area contributed by atoms with Gasteiger partial charge in [0.15, 0.2) is 0 Å². The molecule has 84 valence electrons. The zero-order valence-corrected chi connectivity index (χ0v) is 9.75. The van der Waals surface area contributed by atoms with Gasteiger partial charge in [0.05, 0.1) is 15.4 Å². The summed E-state index contributed by atoms with van der Waals surface area (Å²) in [4.78, 5) is 11.1. The number of carboxylic acid groups (broad SMARTS) is 1. The highest BCUT2D eigenvalue weighted by Gasteiger charge is 2.28. The van der Waals surface area contributed by atoms with E-state index in [0.717, 1.165) is 0 Å². The third-order valence-electron chi connectivity index (χ3n) is 2.36. The van der Waals surface area contributed by atoms with Crippen molar-refractivity contribution in [2.75, 3.05) is 5.75 Å². The van der Waals surface area contributed by atoms with Crippen molar-refractivity contribution in [1.29, 1.82) is 0 Å². The minimum atomic E-state index is -3.45. The highest BCUT2D eigenvalue weighted by molar-refractivity contribution is 7.97. The van der Waals surface area contributed by atoms with Crippen LogP contribution in [0.2, 0.25) is 0 Å². The first-order chi connectivity index (χ1) is 7.46. The molecule has 1 aliphatic rings. The van der Waals surface area contributed by atoms with E-state index in [-0.39, 0.29) is 21.1 Å². The third kappa shape index (κ3) is 1.54. The molecule has 2 rings (SSSR count). The van der Waals surface area contributed by atoms with Gasteiger partial charge in [0, 0.05) is 5.75 Å². The van der Waals surface area contributed by atoms with Gasteiger partial charge < -0.3 is 5.11 Å². The maximum absolute atomic E-state index is 11.8. The summed E-state index contributed by atoms with van der Waals surface area (Å²) < 4.78 is 23.7. The molecule has 0 fully saturated rings. The number of hydrogen-bond acceptors (Lipinski definition) is 4. The minimum absolute atomic E-state index is 0.0746. The Morgan fingerprint density at radius 1 is 1.38 bits per heavy atom. The molecule has 1 N–H and O–H groups in total. The number of fused-ring (bicyclic) bond motifs is 1. The number of thiol groups is 1. The van der Waals surface area contributed by atoms with Crippen molar-refractivity contribution in [1.82, 2.24) is 0 Å². The van der Waals surface area contributed by atoms with Gasteiger partial charge in [0.2, 0.25) is 9.84 Å². The molecule has 1 heterocycles. The lowest BCUT2D eigenvalue weighted by molar-refractivity contribution is 0.0696. The van der Waals surface area contributed by atoms with Gasteiger partial charge >= 0.3 is 5.97 Å². The van der Waals surface area contributed by atoms with E-state index in [1.807, 2.05) is 0 Å². The Hall–Kier alpha value is -1.27. The van der Waals surface area contributed by atoms with E-state index in [0.29, 0.717) is 5.56 Å². The highest BCUT2D eigenvalue weighted by atomic mass is 32.2. The second kappa shape index (κ2) is 3.64. The lowest BCUT2D eigenvalue weighted by Gasteiger charge is -2.01. The van der Waals surface area contributed by atoms with Crippen LogP contribution in [0.25, 0.3) is 6.08 Å². The van der Waals surface area contributed by atoms with Gasteiger partial charge in [-0.1, -0.05) is 0 Å². The van der Waals surface area contributed by atoms with Gasteiger partial charge in [-0.15, -0.1) is 0 Å². The smallest absolute Gasteiger partial charge is 0.335 e. The molecule has 16 heavy (non-hydrogen) atoms. The zero-order valence-electron chi connectivity index (χ0n) is 8.04. The number of rotatable bonds is 2. The van der Waals surface area contributed by atoms with Crippen LogP contribution in [0.5, 0.6) is 0 Å². The van der Waals surface area contributed by atoms with Crippen molar-refractivity contribution in [2.24, 2.45) is 0 Å². The molecule has 0 atom stereocenters. The average molecular weight is 256 g/mol. The first-order valence-corrected chi connectivity index (χ1v) is 6.52. The number of aromatic carboxylic acids is 1. The summed E-state index contributed by atoms with van der Waals surface area (Å²) in [5.74, 6) is -0.965. The first kappa shape index (κ1) is 11.2. The van der Waals surface area contributed by atoms with Crippen molar-refractivity contribution in [3.63, 3.8) is 0 Å². The van der Waals surface area contributed by atoms with Crippen molar-refractivity contribution in [3.8, 4) is 0 Å². The van der Waals surface area contributed by atoms with Crippen LogP contribution in [-0.4, -0.2) is 25.2 Å². The molecule has 1 aromatic carbocycles. The summed E-state index contributed by atoms with van der Waals surface area (Å²) in [7, 11) is -3.45. The van der Waals surface area contributed by atoms with Gasteiger partial charge in [-0.25, -0.2) is 13.2 Å². The quantitative estimate of drug-likeness (QED) is 0.785. The van der Waals surface area contributed by atoms with Crippen LogP contribution in [0.4, 0.5) is 0 Å². The summed E-state index contributed by atoms with van der Waals surface area (Å²) in [6.45, 7) is 0.